The van der Waals surface area contributed by atoms with E-state index in [0.29, 0.717) is 6.54 Å². The Morgan fingerprint density at radius 3 is 2.38 bits per heavy atom. The normalized spacial score (nSPS) is 24.9. The van der Waals surface area contributed by atoms with E-state index in [4.69, 9.17) is 14.2 Å². The van der Waals surface area contributed by atoms with Crippen LogP contribution in [0.5, 0.6) is 0 Å². The van der Waals surface area contributed by atoms with Crippen molar-refractivity contribution in [1.82, 2.24) is 15.5 Å². The molecule has 2 amide bonds. The van der Waals surface area contributed by atoms with E-state index in [1.165, 1.54) is 0 Å². The van der Waals surface area contributed by atoms with Gasteiger partial charge >= 0.3 is 12.0 Å². The summed E-state index contributed by atoms with van der Waals surface area (Å²) in [6, 6.07) is 15.2. The molecule has 5 atom stereocenters. The molecule has 40 heavy (non-hydrogen) atoms. The highest BCUT2D eigenvalue weighted by Gasteiger charge is 2.40. The van der Waals surface area contributed by atoms with Crippen LogP contribution in [0.2, 0.25) is 0 Å². The fourth-order valence-electron chi connectivity index (χ4n) is 5.30. The van der Waals surface area contributed by atoms with Crippen LogP contribution >= 0.6 is 0 Å². The summed E-state index contributed by atoms with van der Waals surface area (Å²) in [4.78, 5) is 25.7. The van der Waals surface area contributed by atoms with E-state index in [9.17, 15) is 19.8 Å². The van der Waals surface area contributed by atoms with Crippen LogP contribution in [-0.4, -0.2) is 72.1 Å². The summed E-state index contributed by atoms with van der Waals surface area (Å²) in [5.41, 5.74) is 3.62. The second kappa shape index (κ2) is 14.6. The van der Waals surface area contributed by atoms with Crippen molar-refractivity contribution in [2.45, 2.75) is 64.4 Å². The first-order valence-corrected chi connectivity index (χ1v) is 14.0. The third-order valence-electron chi connectivity index (χ3n) is 7.65. The Morgan fingerprint density at radius 1 is 1.00 bits per heavy atom. The number of urea groups is 1. The Labute approximate surface area is 235 Å². The minimum Gasteiger partial charge on any atom is -0.465 e. The van der Waals surface area contributed by atoms with Gasteiger partial charge in [0.15, 0.2) is 6.29 Å². The minimum absolute atomic E-state index is 0.0124. The van der Waals surface area contributed by atoms with Crippen LogP contribution in [0.1, 0.15) is 61.3 Å². The van der Waals surface area contributed by atoms with Gasteiger partial charge in [0.25, 0.3) is 0 Å². The molecular formula is C30H41N3O7. The van der Waals surface area contributed by atoms with Crippen LogP contribution in [0.4, 0.5) is 4.79 Å². The van der Waals surface area contributed by atoms with Crippen molar-refractivity contribution in [3.63, 3.8) is 0 Å². The number of carbonyl (C=O) groups excluding carboxylic acids is 2. The molecule has 2 saturated heterocycles. The Balaban J connectivity index is 1.43. The number of aliphatic hydroxyl groups excluding tert-OH is 2. The Morgan fingerprint density at radius 2 is 1.70 bits per heavy atom. The first kappa shape index (κ1) is 30.0. The summed E-state index contributed by atoms with van der Waals surface area (Å²) in [6.45, 7) is 5.99. The molecule has 2 aliphatic rings. The number of hydrogen-bond donors (Lipinski definition) is 4. The maximum absolute atomic E-state index is 12.0. The zero-order valence-electron chi connectivity index (χ0n) is 23.3. The molecule has 0 saturated carbocycles. The van der Waals surface area contributed by atoms with Gasteiger partial charge in [-0.25, -0.2) is 4.79 Å². The van der Waals surface area contributed by atoms with Gasteiger partial charge in [0, 0.05) is 30.6 Å². The van der Waals surface area contributed by atoms with Crippen LogP contribution in [0, 0.1) is 5.92 Å². The quantitative estimate of drug-likeness (QED) is 0.312. The lowest BCUT2D eigenvalue weighted by molar-refractivity contribution is -0.276. The van der Waals surface area contributed by atoms with Gasteiger partial charge < -0.3 is 35.1 Å². The highest BCUT2D eigenvalue weighted by Crippen LogP contribution is 2.42. The van der Waals surface area contributed by atoms with Crippen molar-refractivity contribution < 1.29 is 34.0 Å². The molecule has 10 nitrogen and oxygen atoms in total. The lowest BCUT2D eigenvalue weighted by Crippen LogP contribution is -2.46. The zero-order chi connectivity index (χ0) is 28.5. The molecule has 2 fully saturated rings. The van der Waals surface area contributed by atoms with Gasteiger partial charge in [0.1, 0.15) is 6.54 Å². The number of carbonyl (C=O) groups is 2. The van der Waals surface area contributed by atoms with E-state index in [-0.39, 0.29) is 57.1 Å². The third-order valence-corrected chi connectivity index (χ3v) is 7.65. The van der Waals surface area contributed by atoms with Gasteiger partial charge in [-0.05, 0) is 43.0 Å². The average Bonchev–Trinajstić information content (AvgIpc) is 3.43. The van der Waals surface area contributed by atoms with Crippen molar-refractivity contribution in [2.24, 2.45) is 5.92 Å². The first-order chi connectivity index (χ1) is 19.4. The lowest BCUT2D eigenvalue weighted by atomic mass is 9.90. The Kier molecular flexibility index (Phi) is 10.9. The van der Waals surface area contributed by atoms with Gasteiger partial charge in [-0.3, -0.25) is 9.69 Å². The van der Waals surface area contributed by atoms with Crippen molar-refractivity contribution in [2.75, 3.05) is 32.8 Å². The van der Waals surface area contributed by atoms with Crippen molar-refractivity contribution >= 4 is 12.0 Å². The molecule has 2 heterocycles. The summed E-state index contributed by atoms with van der Waals surface area (Å²) < 4.78 is 17.9. The number of hydrogen-bond acceptors (Lipinski definition) is 8. The smallest absolute Gasteiger partial charge is 0.325 e. The van der Waals surface area contributed by atoms with Crippen molar-refractivity contribution in [3.05, 3.63) is 70.8 Å². The van der Waals surface area contributed by atoms with Crippen molar-refractivity contribution in [3.8, 4) is 0 Å². The van der Waals surface area contributed by atoms with E-state index < -0.39 is 18.3 Å². The first-order valence-electron chi connectivity index (χ1n) is 14.0. The summed E-state index contributed by atoms with van der Waals surface area (Å²) in [7, 11) is 0. The van der Waals surface area contributed by atoms with Gasteiger partial charge in [-0.2, -0.15) is 0 Å². The van der Waals surface area contributed by atoms with Crippen LogP contribution in [0.15, 0.2) is 48.5 Å². The monoisotopic (exact) mass is 555 g/mol. The second-order valence-corrected chi connectivity index (χ2v) is 10.4. The van der Waals surface area contributed by atoms with E-state index in [0.717, 1.165) is 41.6 Å². The van der Waals surface area contributed by atoms with E-state index >= 15 is 0 Å². The molecule has 0 spiro atoms. The summed E-state index contributed by atoms with van der Waals surface area (Å²) in [5.74, 6) is -0.422. The van der Waals surface area contributed by atoms with Crippen LogP contribution in [0.3, 0.4) is 0 Å². The standard InChI is InChI=1S/C30H41N3O7/c1-3-38-27(36)16-32-30(37)31-15-21-6-12-24(13-7-21)29-39-26(17-33-14-4-5-25(33)19-35)20(2)28(40-29)23-10-8-22(18-34)9-11-23/h6-13,20,25-26,28-29,34-35H,3-5,14-19H2,1-2H3,(H2,31,32,37)/t20-,25+,26+,28+,29+/m1/s1. The SMILES string of the molecule is CCOC(=O)CNC(=O)NCc1ccc([C@H]2O[C@@H](CN3CCC[C@H]3CO)[C@@H](C)[C@@H](c3ccc(CO)cc3)O2)cc1. The molecule has 10 heteroatoms. The highest BCUT2D eigenvalue weighted by molar-refractivity contribution is 5.80. The number of likely N-dealkylation sites (tertiary alicyclic amines) is 1. The Hall–Kier alpha value is -3.02. The number of nitrogens with zero attached hydrogens (tertiary/aromatic N) is 1. The summed E-state index contributed by atoms with van der Waals surface area (Å²) in [6.07, 6.45) is 1.14. The molecule has 0 radical (unpaired) electrons. The number of rotatable bonds is 11. The molecule has 0 aliphatic carbocycles. The lowest BCUT2D eigenvalue weighted by Gasteiger charge is -2.43. The molecule has 218 valence electrons. The zero-order valence-corrected chi connectivity index (χ0v) is 23.3. The fraction of sp³-hybridized carbons (Fsp3) is 0.533. The van der Waals surface area contributed by atoms with Gasteiger partial charge in [0.2, 0.25) is 0 Å². The molecular weight excluding hydrogens is 514 g/mol. The van der Waals surface area contributed by atoms with Gasteiger partial charge in [-0.1, -0.05) is 55.5 Å². The van der Waals surface area contributed by atoms with Crippen molar-refractivity contribution in [1.29, 1.82) is 0 Å². The predicted octanol–water partition coefficient (Wildman–Crippen LogP) is 2.79. The molecule has 4 rings (SSSR count). The van der Waals surface area contributed by atoms with Crippen LogP contribution in [-0.2, 0) is 32.2 Å². The number of aliphatic hydroxyl groups is 2. The molecule has 4 N–H and O–H groups in total. The van der Waals surface area contributed by atoms with E-state index in [1.807, 2.05) is 48.5 Å². The van der Waals surface area contributed by atoms with E-state index in [1.54, 1.807) is 6.92 Å². The highest BCUT2D eigenvalue weighted by atomic mass is 16.7. The third kappa shape index (κ3) is 7.80. The Bertz CT molecular complexity index is 1100. The number of benzene rings is 2. The van der Waals surface area contributed by atoms with Gasteiger partial charge in [-0.15, -0.1) is 0 Å². The van der Waals surface area contributed by atoms with Crippen LogP contribution < -0.4 is 10.6 Å². The number of amides is 2. The average molecular weight is 556 g/mol. The summed E-state index contributed by atoms with van der Waals surface area (Å²) >= 11 is 0. The number of nitrogens with one attached hydrogen (secondary N) is 2. The largest absolute Gasteiger partial charge is 0.465 e. The molecule has 2 aromatic carbocycles. The van der Waals surface area contributed by atoms with Gasteiger partial charge in [0.05, 0.1) is 32.0 Å². The topological polar surface area (TPSA) is 130 Å². The molecule has 2 aliphatic heterocycles. The molecule has 2 aromatic rings. The molecule has 0 bridgehead atoms. The van der Waals surface area contributed by atoms with E-state index in [2.05, 4.69) is 22.5 Å². The fourth-order valence-corrected chi connectivity index (χ4v) is 5.30. The maximum Gasteiger partial charge on any atom is 0.325 e. The van der Waals surface area contributed by atoms with Crippen LogP contribution in [0.25, 0.3) is 0 Å². The second-order valence-electron chi connectivity index (χ2n) is 10.4. The molecule has 0 aromatic heterocycles. The predicted molar refractivity (Wildman–Crippen MR) is 148 cm³/mol. The minimum atomic E-state index is -0.589. The summed E-state index contributed by atoms with van der Waals surface area (Å²) in [5, 5.41) is 24.5. The number of esters is 1. The molecule has 0 unspecified atom stereocenters. The maximum atomic E-state index is 12.0. The number of ether oxygens (including phenoxy) is 3.